The van der Waals surface area contributed by atoms with Crippen molar-refractivity contribution in [3.8, 4) is 5.75 Å². The van der Waals surface area contributed by atoms with Crippen molar-refractivity contribution in [2.75, 3.05) is 0 Å². The molecule has 0 amide bonds. The molecule has 1 N–H and O–H groups in total. The molecule has 0 aromatic heterocycles. The first-order chi connectivity index (χ1) is 14.3. The second kappa shape index (κ2) is 9.02. The minimum Gasteiger partial charge on any atom is -0.423 e. The van der Waals surface area contributed by atoms with Crippen LogP contribution in [0.25, 0.3) is 0 Å². The second-order valence-corrected chi connectivity index (χ2v) is 8.36. The lowest BCUT2D eigenvalue weighted by Gasteiger charge is -2.21. The molecule has 0 aliphatic rings. The van der Waals surface area contributed by atoms with Crippen LogP contribution < -0.4 is 9.46 Å². The summed E-state index contributed by atoms with van der Waals surface area (Å²) in [5, 5.41) is 0. The van der Waals surface area contributed by atoms with Crippen LogP contribution in [0.15, 0.2) is 95.9 Å². The smallest absolute Gasteiger partial charge is 0.340 e. The maximum atomic E-state index is 13.4. The van der Waals surface area contributed by atoms with Crippen LogP contribution in [0.4, 0.5) is 4.39 Å². The van der Waals surface area contributed by atoms with Gasteiger partial charge in [0, 0.05) is 0 Å². The topological polar surface area (TPSA) is 72.5 Å². The predicted molar refractivity (Wildman–Crippen MR) is 112 cm³/mol. The average molecular weight is 425 g/mol. The highest BCUT2D eigenvalue weighted by molar-refractivity contribution is 7.89. The van der Waals surface area contributed by atoms with Crippen molar-refractivity contribution in [2.24, 2.45) is 0 Å². The van der Waals surface area contributed by atoms with Gasteiger partial charge in [-0.3, -0.25) is 0 Å². The normalized spacial score (nSPS) is 12.2. The Balaban J connectivity index is 1.92. The number of rotatable bonds is 7. The molecule has 0 aliphatic carbocycles. The largest absolute Gasteiger partial charge is 0.423 e. The van der Waals surface area contributed by atoms with Crippen molar-refractivity contribution < 1.29 is 22.3 Å². The Morgan fingerprint density at radius 3 is 2.17 bits per heavy atom. The van der Waals surface area contributed by atoms with Gasteiger partial charge < -0.3 is 4.74 Å². The number of halogens is 1. The zero-order chi connectivity index (χ0) is 21.7. The summed E-state index contributed by atoms with van der Waals surface area (Å²) in [6.07, 6.45) is 0. The van der Waals surface area contributed by atoms with Crippen LogP contribution in [0.5, 0.6) is 5.75 Å². The van der Waals surface area contributed by atoms with Crippen LogP contribution in [0, 0.1) is 12.7 Å². The minimum absolute atomic E-state index is 0.0319. The number of ether oxygens (including phenoxy) is 1. The lowest BCUT2D eigenvalue weighted by atomic mass is 10.0. The number of aryl methyl sites for hydroxylation is 1. The molecule has 0 radical (unpaired) electrons. The molecule has 0 fully saturated rings. The molecule has 0 unspecified atom stereocenters. The van der Waals surface area contributed by atoms with E-state index >= 15 is 0 Å². The number of nitrogens with one attached hydrogen (secondary N) is 1. The van der Waals surface area contributed by atoms with Gasteiger partial charge in [0.25, 0.3) is 0 Å². The van der Waals surface area contributed by atoms with Gasteiger partial charge in [-0.2, -0.15) is 4.72 Å². The van der Waals surface area contributed by atoms with E-state index in [0.717, 1.165) is 5.56 Å². The predicted octanol–water partition coefficient (Wildman–Crippen LogP) is 4.32. The number of sulfonamides is 1. The molecule has 7 heteroatoms. The average Bonchev–Trinajstić information content (AvgIpc) is 2.73. The van der Waals surface area contributed by atoms with Gasteiger partial charge in [-0.05, 0) is 48.9 Å². The molecule has 154 valence electrons. The number of carbonyl (C=O) groups excluding carboxylic acids is 1. The number of benzene rings is 3. The van der Waals surface area contributed by atoms with E-state index in [2.05, 4.69) is 11.3 Å². The Morgan fingerprint density at radius 1 is 0.967 bits per heavy atom. The molecule has 0 saturated carbocycles. The summed E-state index contributed by atoms with van der Waals surface area (Å²) in [5.41, 5.74) is 1.11. The summed E-state index contributed by atoms with van der Waals surface area (Å²) < 4.78 is 47.0. The van der Waals surface area contributed by atoms with Gasteiger partial charge in [-0.1, -0.05) is 54.6 Å². The van der Waals surface area contributed by atoms with Crippen molar-refractivity contribution in [3.05, 3.63) is 108 Å². The summed E-state index contributed by atoms with van der Waals surface area (Å²) in [4.78, 5) is 12.7. The van der Waals surface area contributed by atoms with E-state index in [-0.39, 0.29) is 10.5 Å². The van der Waals surface area contributed by atoms with E-state index in [4.69, 9.17) is 4.74 Å². The second-order valence-electron chi connectivity index (χ2n) is 6.65. The summed E-state index contributed by atoms with van der Waals surface area (Å²) in [6, 6.07) is 18.6. The summed E-state index contributed by atoms with van der Waals surface area (Å²) >= 11 is 0. The number of hydrogen-bond donors (Lipinski definition) is 1. The molecular formula is C23H20FNO4S. The molecule has 0 bridgehead atoms. The third-order valence-corrected chi connectivity index (χ3v) is 5.81. The molecule has 1 atom stereocenters. The highest BCUT2D eigenvalue weighted by Crippen LogP contribution is 2.26. The molecule has 0 aliphatic heterocycles. The molecule has 3 rings (SSSR count). The number of esters is 1. The number of carbonyl (C=O) groups is 1. The molecule has 0 heterocycles. The molecule has 5 nitrogen and oxygen atoms in total. The quantitative estimate of drug-likeness (QED) is 0.348. The fourth-order valence-electron chi connectivity index (χ4n) is 2.72. The zero-order valence-electron chi connectivity index (χ0n) is 16.2. The van der Waals surface area contributed by atoms with Gasteiger partial charge in [0.1, 0.15) is 11.6 Å². The molecule has 3 aromatic carbocycles. The Morgan fingerprint density at radius 2 is 1.57 bits per heavy atom. The van der Waals surface area contributed by atoms with E-state index in [1.807, 2.05) is 6.92 Å². The monoisotopic (exact) mass is 425 g/mol. The van der Waals surface area contributed by atoms with Gasteiger partial charge in [0.2, 0.25) is 10.0 Å². The van der Waals surface area contributed by atoms with E-state index < -0.39 is 27.9 Å². The van der Waals surface area contributed by atoms with Crippen LogP contribution >= 0.6 is 0 Å². The maximum absolute atomic E-state index is 13.4. The van der Waals surface area contributed by atoms with Gasteiger partial charge >= 0.3 is 5.97 Å². The van der Waals surface area contributed by atoms with Gasteiger partial charge in [0.15, 0.2) is 0 Å². The van der Waals surface area contributed by atoms with E-state index in [1.165, 1.54) is 36.4 Å². The summed E-state index contributed by atoms with van der Waals surface area (Å²) in [5.74, 6) is -0.999. The molecule has 3 aromatic rings. The van der Waals surface area contributed by atoms with Crippen molar-refractivity contribution in [1.82, 2.24) is 4.72 Å². The Bertz CT molecular complexity index is 1140. The lowest BCUT2D eigenvalue weighted by Crippen LogP contribution is -2.33. The fourth-order valence-corrected chi connectivity index (χ4v) is 3.93. The van der Waals surface area contributed by atoms with Crippen LogP contribution in [0.1, 0.15) is 17.2 Å². The van der Waals surface area contributed by atoms with Crippen LogP contribution in [0.2, 0.25) is 0 Å². The first-order valence-corrected chi connectivity index (χ1v) is 10.5. The minimum atomic E-state index is -4.00. The van der Waals surface area contributed by atoms with Crippen LogP contribution in [-0.2, 0) is 14.8 Å². The zero-order valence-corrected chi connectivity index (χ0v) is 17.0. The molecule has 0 saturated heterocycles. The number of para-hydroxylation sites is 1. The fraction of sp³-hybridized carbons (Fsp3) is 0.0870. The SMILES string of the molecule is C=C(C(=O)Oc1ccccc1)[C@@H](NS(=O)(=O)c1ccc(C)cc1)c1ccc(F)cc1. The highest BCUT2D eigenvalue weighted by atomic mass is 32.2. The lowest BCUT2D eigenvalue weighted by molar-refractivity contribution is -0.130. The Hall–Kier alpha value is -3.29. The van der Waals surface area contributed by atoms with E-state index in [1.54, 1.807) is 42.5 Å². The number of hydrogen-bond acceptors (Lipinski definition) is 4. The van der Waals surface area contributed by atoms with Gasteiger partial charge in [-0.15, -0.1) is 0 Å². The van der Waals surface area contributed by atoms with Crippen LogP contribution in [0.3, 0.4) is 0 Å². The Kier molecular flexibility index (Phi) is 6.44. The summed E-state index contributed by atoms with van der Waals surface area (Å²) in [6.45, 7) is 5.59. The molecule has 0 spiro atoms. The van der Waals surface area contributed by atoms with Crippen LogP contribution in [-0.4, -0.2) is 14.4 Å². The molecular weight excluding hydrogens is 405 g/mol. The van der Waals surface area contributed by atoms with E-state index in [0.29, 0.717) is 11.3 Å². The highest BCUT2D eigenvalue weighted by Gasteiger charge is 2.28. The van der Waals surface area contributed by atoms with Crippen molar-refractivity contribution in [3.63, 3.8) is 0 Å². The maximum Gasteiger partial charge on any atom is 0.340 e. The van der Waals surface area contributed by atoms with E-state index in [9.17, 15) is 17.6 Å². The standard InChI is InChI=1S/C23H20FNO4S/c1-16-8-14-21(15-9-16)30(27,28)25-22(18-10-12-19(24)13-11-18)17(2)23(26)29-20-6-4-3-5-7-20/h3-15,22,25H,2H2,1H3/t22-/m1/s1. The van der Waals surface area contributed by atoms with Crippen molar-refractivity contribution in [2.45, 2.75) is 17.9 Å². The first-order valence-electron chi connectivity index (χ1n) is 9.07. The third kappa shape index (κ3) is 5.20. The molecule has 30 heavy (non-hydrogen) atoms. The van der Waals surface area contributed by atoms with Gasteiger partial charge in [-0.25, -0.2) is 17.6 Å². The Labute approximate surface area is 174 Å². The van der Waals surface area contributed by atoms with Crippen molar-refractivity contribution in [1.29, 1.82) is 0 Å². The first kappa shape index (κ1) is 21.4. The van der Waals surface area contributed by atoms with Crippen molar-refractivity contribution >= 4 is 16.0 Å². The summed E-state index contributed by atoms with van der Waals surface area (Å²) in [7, 11) is -4.00. The van der Waals surface area contributed by atoms with Gasteiger partial charge in [0.05, 0.1) is 16.5 Å². The third-order valence-electron chi connectivity index (χ3n) is 4.37.